The highest BCUT2D eigenvalue weighted by atomic mass is 32.2. The zero-order valence-electron chi connectivity index (χ0n) is 9.49. The van der Waals surface area contributed by atoms with Crippen molar-refractivity contribution in [2.45, 2.75) is 37.1 Å². The molecule has 1 fully saturated rings. The summed E-state index contributed by atoms with van der Waals surface area (Å²) in [6.07, 6.45) is 6.19. The third kappa shape index (κ3) is 2.69. The topological polar surface area (TPSA) is 12.0 Å². The summed E-state index contributed by atoms with van der Waals surface area (Å²) in [7, 11) is 0. The highest BCUT2D eigenvalue weighted by Crippen LogP contribution is 2.28. The van der Waals surface area contributed by atoms with Crippen molar-refractivity contribution in [1.29, 1.82) is 0 Å². The first-order valence-corrected chi connectivity index (χ1v) is 6.92. The van der Waals surface area contributed by atoms with Gasteiger partial charge in [-0.2, -0.15) is 0 Å². The summed E-state index contributed by atoms with van der Waals surface area (Å²) >= 11 is 1.79. The lowest BCUT2D eigenvalue weighted by molar-refractivity contribution is 0.556. The molecule has 0 heterocycles. The van der Waals surface area contributed by atoms with Crippen LogP contribution in [0.5, 0.6) is 0 Å². The fraction of sp³-hybridized carbons (Fsp3) is 0.538. The number of thioether (sulfide) groups is 1. The summed E-state index contributed by atoms with van der Waals surface area (Å²) < 4.78 is 0. The summed E-state index contributed by atoms with van der Waals surface area (Å²) in [6.45, 7) is 2.35. The Kier molecular flexibility index (Phi) is 3.57. The average Bonchev–Trinajstić information content (AvgIpc) is 2.66. The third-order valence-electron chi connectivity index (χ3n) is 3.30. The maximum atomic E-state index is 3.63. The Labute approximate surface area is 96.7 Å². The van der Waals surface area contributed by atoms with Crippen molar-refractivity contribution < 1.29 is 0 Å². The van der Waals surface area contributed by atoms with Crippen molar-refractivity contribution in [3.8, 4) is 0 Å². The van der Waals surface area contributed by atoms with Gasteiger partial charge < -0.3 is 5.32 Å². The first kappa shape index (κ1) is 10.9. The van der Waals surface area contributed by atoms with Gasteiger partial charge in [0.2, 0.25) is 0 Å². The van der Waals surface area contributed by atoms with Crippen LogP contribution in [0.1, 0.15) is 26.2 Å². The van der Waals surface area contributed by atoms with Crippen molar-refractivity contribution in [1.82, 2.24) is 0 Å². The number of rotatable bonds is 3. The maximum absolute atomic E-state index is 3.63. The Balaban J connectivity index is 1.98. The van der Waals surface area contributed by atoms with Crippen LogP contribution in [0.3, 0.4) is 0 Å². The van der Waals surface area contributed by atoms with Crippen LogP contribution in [-0.4, -0.2) is 12.3 Å². The molecule has 0 amide bonds. The van der Waals surface area contributed by atoms with Crippen LogP contribution in [0.4, 0.5) is 5.69 Å². The molecule has 0 aromatic heterocycles. The van der Waals surface area contributed by atoms with Crippen LogP contribution in [0, 0.1) is 5.92 Å². The van der Waals surface area contributed by atoms with Gasteiger partial charge in [0, 0.05) is 16.6 Å². The molecular formula is C13H19NS. The number of hydrogen-bond acceptors (Lipinski definition) is 2. The molecule has 2 rings (SSSR count). The zero-order chi connectivity index (χ0) is 10.7. The van der Waals surface area contributed by atoms with Crippen molar-refractivity contribution >= 4 is 17.4 Å². The molecule has 15 heavy (non-hydrogen) atoms. The SMILES string of the molecule is CSc1ccc(NC2CCCC2C)cc1. The molecule has 1 aromatic carbocycles. The van der Waals surface area contributed by atoms with Crippen LogP contribution in [0.15, 0.2) is 29.2 Å². The lowest BCUT2D eigenvalue weighted by atomic mass is 10.1. The van der Waals surface area contributed by atoms with Gasteiger partial charge in [0.15, 0.2) is 0 Å². The summed E-state index contributed by atoms with van der Waals surface area (Å²) in [5, 5.41) is 3.63. The second-order valence-corrected chi connectivity index (χ2v) is 5.27. The van der Waals surface area contributed by atoms with Gasteiger partial charge in [0.1, 0.15) is 0 Å². The number of benzene rings is 1. The molecule has 82 valence electrons. The van der Waals surface area contributed by atoms with E-state index in [0.29, 0.717) is 6.04 Å². The van der Waals surface area contributed by atoms with E-state index in [-0.39, 0.29) is 0 Å². The van der Waals surface area contributed by atoms with Crippen LogP contribution >= 0.6 is 11.8 Å². The van der Waals surface area contributed by atoms with Gasteiger partial charge in [-0.05, 0) is 49.3 Å². The van der Waals surface area contributed by atoms with Crippen molar-refractivity contribution in [2.75, 3.05) is 11.6 Å². The molecule has 0 aliphatic heterocycles. The highest BCUT2D eigenvalue weighted by molar-refractivity contribution is 7.98. The van der Waals surface area contributed by atoms with Crippen LogP contribution in [0.25, 0.3) is 0 Å². The smallest absolute Gasteiger partial charge is 0.0343 e. The molecule has 1 aromatic rings. The van der Waals surface area contributed by atoms with Gasteiger partial charge in [0.05, 0.1) is 0 Å². The molecule has 0 bridgehead atoms. The quantitative estimate of drug-likeness (QED) is 0.774. The minimum atomic E-state index is 0.685. The minimum Gasteiger partial charge on any atom is -0.382 e. The van der Waals surface area contributed by atoms with Crippen LogP contribution in [0.2, 0.25) is 0 Å². The van der Waals surface area contributed by atoms with E-state index in [0.717, 1.165) is 5.92 Å². The Morgan fingerprint density at radius 1 is 1.20 bits per heavy atom. The summed E-state index contributed by atoms with van der Waals surface area (Å²) in [4.78, 5) is 1.33. The summed E-state index contributed by atoms with van der Waals surface area (Å²) in [5.41, 5.74) is 1.27. The second kappa shape index (κ2) is 4.93. The van der Waals surface area contributed by atoms with Gasteiger partial charge in [-0.1, -0.05) is 13.3 Å². The molecule has 2 heteroatoms. The first-order chi connectivity index (χ1) is 7.29. The summed E-state index contributed by atoms with van der Waals surface area (Å²) in [6, 6.07) is 9.44. The summed E-state index contributed by atoms with van der Waals surface area (Å²) in [5.74, 6) is 0.824. The van der Waals surface area contributed by atoms with Crippen molar-refractivity contribution in [3.63, 3.8) is 0 Å². The van der Waals surface area contributed by atoms with E-state index >= 15 is 0 Å². The molecular weight excluding hydrogens is 202 g/mol. The molecule has 1 aliphatic carbocycles. The largest absolute Gasteiger partial charge is 0.382 e. The predicted molar refractivity (Wildman–Crippen MR) is 68.6 cm³/mol. The molecule has 1 saturated carbocycles. The van der Waals surface area contributed by atoms with E-state index in [1.54, 1.807) is 11.8 Å². The van der Waals surface area contributed by atoms with Gasteiger partial charge in [0.25, 0.3) is 0 Å². The molecule has 1 N–H and O–H groups in total. The highest BCUT2D eigenvalue weighted by Gasteiger charge is 2.22. The van der Waals surface area contributed by atoms with E-state index < -0.39 is 0 Å². The third-order valence-corrected chi connectivity index (χ3v) is 4.05. The number of anilines is 1. The monoisotopic (exact) mass is 221 g/mol. The fourth-order valence-electron chi connectivity index (χ4n) is 2.26. The van der Waals surface area contributed by atoms with Crippen molar-refractivity contribution in [3.05, 3.63) is 24.3 Å². The average molecular weight is 221 g/mol. The van der Waals surface area contributed by atoms with E-state index in [1.807, 2.05) is 0 Å². The van der Waals surface area contributed by atoms with Crippen LogP contribution < -0.4 is 5.32 Å². The van der Waals surface area contributed by atoms with Gasteiger partial charge in [-0.15, -0.1) is 11.8 Å². The van der Waals surface area contributed by atoms with Gasteiger partial charge in [-0.3, -0.25) is 0 Å². The molecule has 1 aliphatic rings. The van der Waals surface area contributed by atoms with Gasteiger partial charge >= 0.3 is 0 Å². The Morgan fingerprint density at radius 2 is 1.93 bits per heavy atom. The van der Waals surface area contributed by atoms with E-state index in [2.05, 4.69) is 42.8 Å². The maximum Gasteiger partial charge on any atom is 0.0343 e. The zero-order valence-corrected chi connectivity index (χ0v) is 10.3. The van der Waals surface area contributed by atoms with Crippen LogP contribution in [-0.2, 0) is 0 Å². The second-order valence-electron chi connectivity index (χ2n) is 4.39. The lowest BCUT2D eigenvalue weighted by Crippen LogP contribution is -2.21. The predicted octanol–water partition coefficient (Wildman–Crippen LogP) is 4.01. The van der Waals surface area contributed by atoms with Gasteiger partial charge in [-0.25, -0.2) is 0 Å². The molecule has 1 nitrogen and oxygen atoms in total. The van der Waals surface area contributed by atoms with E-state index in [9.17, 15) is 0 Å². The molecule has 0 radical (unpaired) electrons. The molecule has 2 unspecified atom stereocenters. The molecule has 0 saturated heterocycles. The Hall–Kier alpha value is -0.630. The number of nitrogens with one attached hydrogen (secondary N) is 1. The normalized spacial score (nSPS) is 25.5. The minimum absolute atomic E-state index is 0.685. The van der Waals surface area contributed by atoms with E-state index in [1.165, 1.54) is 29.8 Å². The number of hydrogen-bond donors (Lipinski definition) is 1. The molecule has 2 atom stereocenters. The lowest BCUT2D eigenvalue weighted by Gasteiger charge is -2.18. The van der Waals surface area contributed by atoms with E-state index in [4.69, 9.17) is 0 Å². The van der Waals surface area contributed by atoms with Crippen molar-refractivity contribution in [2.24, 2.45) is 5.92 Å². The Morgan fingerprint density at radius 3 is 2.47 bits per heavy atom. The first-order valence-electron chi connectivity index (χ1n) is 5.70. The fourth-order valence-corrected chi connectivity index (χ4v) is 2.67. The molecule has 0 spiro atoms. The Bertz CT molecular complexity index is 307. The standard InChI is InChI=1S/C13H19NS/c1-10-4-3-5-13(10)14-11-6-8-12(15-2)9-7-11/h6-10,13-14H,3-5H2,1-2H3.